The fraction of sp³-hybridized carbons (Fsp3) is 0.348. The van der Waals surface area contributed by atoms with E-state index in [2.05, 4.69) is 0 Å². The van der Waals surface area contributed by atoms with Gasteiger partial charge in [0.25, 0.3) is 0 Å². The van der Waals surface area contributed by atoms with Crippen LogP contribution in [0.15, 0.2) is 48.5 Å². The second kappa shape index (κ2) is 9.91. The molecule has 1 N–H and O–H groups in total. The number of imidazole rings is 1. The van der Waals surface area contributed by atoms with Crippen molar-refractivity contribution in [3.05, 3.63) is 48.5 Å². The van der Waals surface area contributed by atoms with E-state index in [1.54, 1.807) is 19.0 Å². The molecule has 1 aromatic heterocycles. The normalized spacial score (nSPS) is 10.9. The third kappa shape index (κ3) is 5.37. The molecule has 0 aliphatic heterocycles. The second-order valence-corrected chi connectivity index (χ2v) is 7.38. The number of benzene rings is 2. The van der Waals surface area contributed by atoms with Gasteiger partial charge in [-0.1, -0.05) is 30.3 Å². The number of rotatable bonds is 10. The highest BCUT2D eigenvalue weighted by atomic mass is 16.5. The predicted molar refractivity (Wildman–Crippen MR) is 115 cm³/mol. The van der Waals surface area contributed by atoms with Gasteiger partial charge in [-0.2, -0.15) is 0 Å². The zero-order chi connectivity index (χ0) is 21.5. The van der Waals surface area contributed by atoms with Gasteiger partial charge in [0.2, 0.25) is 5.91 Å². The van der Waals surface area contributed by atoms with Crippen LogP contribution in [0.5, 0.6) is 5.75 Å². The Hall–Kier alpha value is -3.35. The van der Waals surface area contributed by atoms with Gasteiger partial charge >= 0.3 is 5.97 Å². The number of nitrogens with zero attached hydrogens (tertiary/aromatic N) is 3. The van der Waals surface area contributed by atoms with Crippen molar-refractivity contribution in [2.75, 3.05) is 20.7 Å². The molecule has 3 aromatic rings. The van der Waals surface area contributed by atoms with Gasteiger partial charge in [-0.05, 0) is 31.4 Å². The summed E-state index contributed by atoms with van der Waals surface area (Å²) in [7, 11) is 3.48. The van der Waals surface area contributed by atoms with E-state index < -0.39 is 5.97 Å². The molecule has 0 saturated carbocycles. The van der Waals surface area contributed by atoms with Gasteiger partial charge in [0, 0.05) is 32.1 Å². The minimum Gasteiger partial charge on any atom is -0.494 e. The SMILES string of the molecule is CN(C)C(=O)Cn1c(-c2ccccc2)nc2ccc(OCCCCCC(=O)O)cc21. The number of unbranched alkanes of at least 4 members (excludes halogenated alkanes) is 2. The van der Waals surface area contributed by atoms with Crippen molar-refractivity contribution in [2.45, 2.75) is 32.2 Å². The Labute approximate surface area is 175 Å². The molecule has 158 valence electrons. The Bertz CT molecular complexity index is 1010. The molecule has 2 aromatic carbocycles. The number of fused-ring (bicyclic) bond motifs is 1. The van der Waals surface area contributed by atoms with Gasteiger partial charge in [-0.25, -0.2) is 4.98 Å². The highest BCUT2D eigenvalue weighted by Crippen LogP contribution is 2.28. The predicted octanol–water partition coefficient (Wildman–Crippen LogP) is 3.82. The molecule has 0 saturated heterocycles. The van der Waals surface area contributed by atoms with Crippen LogP contribution in [0.2, 0.25) is 0 Å². The lowest BCUT2D eigenvalue weighted by molar-refractivity contribution is -0.137. The Morgan fingerprint density at radius 1 is 1.07 bits per heavy atom. The Kier molecular flexibility index (Phi) is 7.06. The summed E-state index contributed by atoms with van der Waals surface area (Å²) < 4.78 is 7.78. The molecule has 0 aliphatic rings. The number of carbonyl (C=O) groups is 2. The highest BCUT2D eigenvalue weighted by molar-refractivity contribution is 5.85. The van der Waals surface area contributed by atoms with Crippen molar-refractivity contribution in [3.63, 3.8) is 0 Å². The number of carboxylic acid groups (broad SMARTS) is 1. The molecule has 0 aliphatic carbocycles. The molecule has 1 heterocycles. The van der Waals surface area contributed by atoms with Gasteiger partial charge in [0.1, 0.15) is 18.1 Å². The van der Waals surface area contributed by atoms with Crippen LogP contribution >= 0.6 is 0 Å². The largest absolute Gasteiger partial charge is 0.494 e. The number of ether oxygens (including phenoxy) is 1. The van der Waals surface area contributed by atoms with E-state index in [4.69, 9.17) is 14.8 Å². The standard InChI is InChI=1S/C23H27N3O4/c1-25(2)21(27)16-26-20-15-18(30-14-8-4-7-11-22(28)29)12-13-19(20)24-23(26)17-9-5-3-6-10-17/h3,5-6,9-10,12-13,15H,4,7-8,11,14,16H2,1-2H3,(H,28,29). The molecule has 0 radical (unpaired) electrons. The molecular formula is C23H27N3O4. The van der Waals surface area contributed by atoms with Crippen molar-refractivity contribution < 1.29 is 19.4 Å². The average Bonchev–Trinajstić information content (AvgIpc) is 3.08. The molecule has 0 unspecified atom stereocenters. The van der Waals surface area contributed by atoms with Gasteiger partial charge in [-0.3, -0.25) is 9.59 Å². The number of carboxylic acids is 1. The highest BCUT2D eigenvalue weighted by Gasteiger charge is 2.17. The Morgan fingerprint density at radius 2 is 1.83 bits per heavy atom. The molecule has 0 atom stereocenters. The third-order valence-electron chi connectivity index (χ3n) is 4.85. The Morgan fingerprint density at radius 3 is 2.53 bits per heavy atom. The summed E-state index contributed by atoms with van der Waals surface area (Å²) in [6, 6.07) is 15.5. The number of amides is 1. The molecule has 7 heteroatoms. The van der Waals surface area contributed by atoms with Crippen LogP contribution in [0.3, 0.4) is 0 Å². The maximum atomic E-state index is 12.4. The number of aliphatic carboxylic acids is 1. The van der Waals surface area contributed by atoms with E-state index in [9.17, 15) is 9.59 Å². The van der Waals surface area contributed by atoms with Crippen LogP contribution in [0.4, 0.5) is 0 Å². The molecule has 30 heavy (non-hydrogen) atoms. The lowest BCUT2D eigenvalue weighted by atomic mass is 10.2. The maximum absolute atomic E-state index is 12.4. The summed E-state index contributed by atoms with van der Waals surface area (Å²) >= 11 is 0. The van der Waals surface area contributed by atoms with E-state index in [0.29, 0.717) is 18.8 Å². The monoisotopic (exact) mass is 409 g/mol. The fourth-order valence-electron chi connectivity index (χ4n) is 3.18. The minimum atomic E-state index is -0.767. The van der Waals surface area contributed by atoms with Crippen LogP contribution in [-0.4, -0.2) is 52.1 Å². The summed E-state index contributed by atoms with van der Waals surface area (Å²) in [5, 5.41) is 8.69. The fourth-order valence-corrected chi connectivity index (χ4v) is 3.18. The Balaban J connectivity index is 1.82. The van der Waals surface area contributed by atoms with Crippen molar-refractivity contribution >= 4 is 22.9 Å². The summed E-state index contributed by atoms with van der Waals surface area (Å²) in [5.41, 5.74) is 2.59. The summed E-state index contributed by atoms with van der Waals surface area (Å²) in [5.74, 6) is 0.665. The van der Waals surface area contributed by atoms with Crippen molar-refractivity contribution in [1.29, 1.82) is 0 Å². The number of likely N-dealkylation sites (N-methyl/N-ethyl adjacent to an activating group) is 1. The molecule has 0 bridgehead atoms. The van der Waals surface area contributed by atoms with Crippen molar-refractivity contribution in [1.82, 2.24) is 14.5 Å². The van der Waals surface area contributed by atoms with Crippen LogP contribution in [0.25, 0.3) is 22.4 Å². The number of hydrogen-bond donors (Lipinski definition) is 1. The van der Waals surface area contributed by atoms with Crippen LogP contribution < -0.4 is 4.74 Å². The van der Waals surface area contributed by atoms with E-state index in [-0.39, 0.29) is 18.9 Å². The van der Waals surface area contributed by atoms with Gasteiger partial charge < -0.3 is 19.3 Å². The van der Waals surface area contributed by atoms with Crippen molar-refractivity contribution in [2.24, 2.45) is 0 Å². The smallest absolute Gasteiger partial charge is 0.303 e. The number of hydrogen-bond acceptors (Lipinski definition) is 4. The molecule has 0 spiro atoms. The van der Waals surface area contributed by atoms with Gasteiger partial charge in [0.05, 0.1) is 17.6 Å². The number of aromatic nitrogens is 2. The van der Waals surface area contributed by atoms with Gasteiger partial charge in [-0.15, -0.1) is 0 Å². The molecular weight excluding hydrogens is 382 g/mol. The topological polar surface area (TPSA) is 84.7 Å². The summed E-state index contributed by atoms with van der Waals surface area (Å²) in [4.78, 5) is 29.3. The zero-order valence-electron chi connectivity index (χ0n) is 17.4. The summed E-state index contributed by atoms with van der Waals surface area (Å²) in [6.07, 6.45) is 2.44. The number of carbonyl (C=O) groups excluding carboxylic acids is 1. The van der Waals surface area contributed by atoms with E-state index >= 15 is 0 Å². The lowest BCUT2D eigenvalue weighted by Gasteiger charge is -2.14. The first-order valence-electron chi connectivity index (χ1n) is 10.1. The first-order valence-corrected chi connectivity index (χ1v) is 10.1. The van der Waals surface area contributed by atoms with Gasteiger partial charge in [0.15, 0.2) is 0 Å². The van der Waals surface area contributed by atoms with Crippen LogP contribution in [0.1, 0.15) is 25.7 Å². The minimum absolute atomic E-state index is 0.0174. The zero-order valence-corrected chi connectivity index (χ0v) is 17.4. The maximum Gasteiger partial charge on any atom is 0.303 e. The van der Waals surface area contributed by atoms with Crippen LogP contribution in [0, 0.1) is 0 Å². The van der Waals surface area contributed by atoms with E-state index in [1.165, 1.54) is 0 Å². The molecule has 3 rings (SSSR count). The molecule has 0 fully saturated rings. The quantitative estimate of drug-likeness (QED) is 0.515. The van der Waals surface area contributed by atoms with E-state index in [0.717, 1.165) is 35.3 Å². The van der Waals surface area contributed by atoms with Crippen LogP contribution in [-0.2, 0) is 16.1 Å². The third-order valence-corrected chi connectivity index (χ3v) is 4.85. The van der Waals surface area contributed by atoms with E-state index in [1.807, 2.05) is 53.1 Å². The molecule has 1 amide bonds. The van der Waals surface area contributed by atoms with Crippen molar-refractivity contribution in [3.8, 4) is 17.1 Å². The average molecular weight is 409 g/mol. The second-order valence-electron chi connectivity index (χ2n) is 7.38. The molecule has 7 nitrogen and oxygen atoms in total. The lowest BCUT2D eigenvalue weighted by Crippen LogP contribution is -2.26. The first kappa shape index (κ1) is 21.4. The first-order chi connectivity index (χ1) is 14.5. The summed E-state index contributed by atoms with van der Waals surface area (Å²) in [6.45, 7) is 0.702.